The molecule has 0 radical (unpaired) electrons. The fourth-order valence-corrected chi connectivity index (χ4v) is 4.90. The number of likely N-dealkylation sites (tertiary alicyclic amines) is 1. The maximum Gasteiger partial charge on any atom is 0.233 e. The molecule has 1 saturated heterocycles. The first-order valence-corrected chi connectivity index (χ1v) is 10.6. The Morgan fingerprint density at radius 2 is 2.12 bits per heavy atom. The van der Waals surface area contributed by atoms with Gasteiger partial charge in [0, 0.05) is 23.8 Å². The van der Waals surface area contributed by atoms with Gasteiger partial charge < -0.3 is 15.0 Å². The number of hydrogen-bond donors (Lipinski definition) is 1. The highest BCUT2D eigenvalue weighted by atomic mass is 32.2. The van der Waals surface area contributed by atoms with Gasteiger partial charge in [0.2, 0.25) is 11.0 Å². The molecule has 1 amide bonds. The van der Waals surface area contributed by atoms with Crippen LogP contribution < -0.4 is 10.1 Å². The van der Waals surface area contributed by atoms with Gasteiger partial charge in [-0.3, -0.25) is 4.79 Å². The molecule has 3 rings (SSSR count). The van der Waals surface area contributed by atoms with Crippen LogP contribution in [0.2, 0.25) is 0 Å². The molecule has 1 aromatic heterocycles. The van der Waals surface area contributed by atoms with Gasteiger partial charge in [0.05, 0.1) is 12.9 Å². The van der Waals surface area contributed by atoms with E-state index in [-0.39, 0.29) is 5.91 Å². The number of amides is 1. The van der Waals surface area contributed by atoms with Crippen molar-refractivity contribution in [3.63, 3.8) is 0 Å². The molecule has 0 spiro atoms. The van der Waals surface area contributed by atoms with Crippen molar-refractivity contribution in [2.24, 2.45) is 0 Å². The monoisotopic (exact) mass is 392 g/mol. The summed E-state index contributed by atoms with van der Waals surface area (Å²) in [6.07, 6.45) is 3.39. The zero-order valence-corrected chi connectivity index (χ0v) is 16.9. The molecule has 0 aliphatic carbocycles. The van der Waals surface area contributed by atoms with Crippen molar-refractivity contribution in [1.29, 1.82) is 0 Å². The molecule has 2 aromatic rings. The first-order valence-electron chi connectivity index (χ1n) is 8.75. The molecule has 2 heterocycles. The SMILES string of the molecule is COc1cccc(Nc2nnc(SCC(=O)N3[C@H](C)CCC[C@H]3C)s2)c1. The molecule has 6 nitrogen and oxygen atoms in total. The molecule has 0 bridgehead atoms. The molecule has 1 aromatic carbocycles. The summed E-state index contributed by atoms with van der Waals surface area (Å²) in [6.45, 7) is 4.28. The van der Waals surface area contributed by atoms with E-state index < -0.39 is 0 Å². The van der Waals surface area contributed by atoms with Crippen LogP contribution in [0.15, 0.2) is 28.6 Å². The van der Waals surface area contributed by atoms with Gasteiger partial charge in [0.25, 0.3) is 0 Å². The van der Waals surface area contributed by atoms with Gasteiger partial charge in [-0.05, 0) is 45.2 Å². The second-order valence-electron chi connectivity index (χ2n) is 6.45. The van der Waals surface area contributed by atoms with Crippen molar-refractivity contribution in [3.8, 4) is 5.75 Å². The molecule has 2 atom stereocenters. The van der Waals surface area contributed by atoms with Crippen molar-refractivity contribution in [1.82, 2.24) is 15.1 Å². The topological polar surface area (TPSA) is 67.3 Å². The summed E-state index contributed by atoms with van der Waals surface area (Å²) < 4.78 is 6.01. The third-order valence-electron chi connectivity index (χ3n) is 4.53. The number of piperidine rings is 1. The average Bonchev–Trinajstić information content (AvgIpc) is 3.07. The standard InChI is InChI=1S/C18H24N4O2S2/c1-12-6-4-7-13(2)22(12)16(23)11-25-18-21-20-17(26-18)19-14-8-5-9-15(10-14)24-3/h5,8-10,12-13H,4,6-7,11H2,1-3H3,(H,19,20)/t12-,13-/m1/s1. The van der Waals surface area contributed by atoms with Crippen LogP contribution in [0.1, 0.15) is 33.1 Å². The largest absolute Gasteiger partial charge is 0.497 e. The Bertz CT molecular complexity index is 742. The Hall–Kier alpha value is -1.80. The Labute approximate surface area is 162 Å². The van der Waals surface area contributed by atoms with E-state index in [0.29, 0.717) is 23.0 Å². The number of ether oxygens (including phenoxy) is 1. The van der Waals surface area contributed by atoms with Crippen LogP contribution in [0.3, 0.4) is 0 Å². The van der Waals surface area contributed by atoms with E-state index in [0.717, 1.165) is 28.6 Å². The number of thioether (sulfide) groups is 1. The van der Waals surface area contributed by atoms with Gasteiger partial charge in [-0.1, -0.05) is 29.2 Å². The maximum atomic E-state index is 12.6. The Kier molecular flexibility index (Phi) is 6.37. The number of methoxy groups -OCH3 is 1. The quantitative estimate of drug-likeness (QED) is 0.744. The highest BCUT2D eigenvalue weighted by Gasteiger charge is 2.28. The van der Waals surface area contributed by atoms with Gasteiger partial charge in [0.15, 0.2) is 4.34 Å². The number of aromatic nitrogens is 2. The molecular formula is C18H24N4O2S2. The van der Waals surface area contributed by atoms with Crippen LogP contribution in [0.25, 0.3) is 0 Å². The lowest BCUT2D eigenvalue weighted by Crippen LogP contribution is -2.48. The minimum absolute atomic E-state index is 0.187. The molecule has 0 saturated carbocycles. The van der Waals surface area contributed by atoms with Crippen LogP contribution in [0, 0.1) is 0 Å². The van der Waals surface area contributed by atoms with Gasteiger partial charge in [-0.25, -0.2) is 0 Å². The van der Waals surface area contributed by atoms with Gasteiger partial charge >= 0.3 is 0 Å². The second-order valence-corrected chi connectivity index (χ2v) is 8.65. The van der Waals surface area contributed by atoms with E-state index in [2.05, 4.69) is 29.4 Å². The summed E-state index contributed by atoms with van der Waals surface area (Å²) in [5, 5.41) is 12.3. The molecule has 0 unspecified atom stereocenters. The zero-order chi connectivity index (χ0) is 18.5. The molecule has 1 aliphatic rings. The summed E-state index contributed by atoms with van der Waals surface area (Å²) in [7, 11) is 1.64. The zero-order valence-electron chi connectivity index (χ0n) is 15.3. The summed E-state index contributed by atoms with van der Waals surface area (Å²) >= 11 is 2.90. The average molecular weight is 393 g/mol. The van der Waals surface area contributed by atoms with Crippen molar-refractivity contribution < 1.29 is 9.53 Å². The van der Waals surface area contributed by atoms with E-state index in [1.165, 1.54) is 29.5 Å². The van der Waals surface area contributed by atoms with Gasteiger partial charge in [0.1, 0.15) is 5.75 Å². The van der Waals surface area contributed by atoms with Gasteiger partial charge in [-0.2, -0.15) is 0 Å². The number of anilines is 2. The van der Waals surface area contributed by atoms with Crippen LogP contribution in [-0.2, 0) is 4.79 Å². The molecule has 140 valence electrons. The molecular weight excluding hydrogens is 368 g/mol. The Morgan fingerprint density at radius 1 is 1.35 bits per heavy atom. The van der Waals surface area contributed by atoms with Crippen LogP contribution in [0.4, 0.5) is 10.8 Å². The Balaban J connectivity index is 1.55. The first-order chi connectivity index (χ1) is 12.6. The highest BCUT2D eigenvalue weighted by molar-refractivity contribution is 8.01. The normalized spacial score (nSPS) is 20.0. The molecule has 1 aliphatic heterocycles. The van der Waals surface area contributed by atoms with Gasteiger partial charge in [-0.15, -0.1) is 10.2 Å². The molecule has 26 heavy (non-hydrogen) atoms. The maximum absolute atomic E-state index is 12.6. The first kappa shape index (κ1) is 19.0. The minimum atomic E-state index is 0.187. The highest BCUT2D eigenvalue weighted by Crippen LogP contribution is 2.30. The number of hydrogen-bond acceptors (Lipinski definition) is 7. The molecule has 1 N–H and O–H groups in total. The third-order valence-corrected chi connectivity index (χ3v) is 6.48. The number of nitrogens with zero attached hydrogens (tertiary/aromatic N) is 3. The minimum Gasteiger partial charge on any atom is -0.497 e. The van der Waals surface area contributed by atoms with E-state index in [1.54, 1.807) is 7.11 Å². The van der Waals surface area contributed by atoms with E-state index in [4.69, 9.17) is 4.74 Å². The summed E-state index contributed by atoms with van der Waals surface area (Å²) in [4.78, 5) is 14.6. The van der Waals surface area contributed by atoms with E-state index in [9.17, 15) is 4.79 Å². The van der Waals surface area contributed by atoms with Crippen molar-refractivity contribution >= 4 is 39.8 Å². The number of benzene rings is 1. The fourth-order valence-electron chi connectivity index (χ4n) is 3.25. The smallest absolute Gasteiger partial charge is 0.233 e. The predicted molar refractivity (Wildman–Crippen MR) is 107 cm³/mol. The third kappa shape index (κ3) is 4.67. The van der Waals surface area contributed by atoms with Crippen LogP contribution in [-0.4, -0.2) is 46.0 Å². The summed E-state index contributed by atoms with van der Waals surface area (Å²) in [6, 6.07) is 8.30. The van der Waals surface area contributed by atoms with Crippen molar-refractivity contribution in [3.05, 3.63) is 24.3 Å². The van der Waals surface area contributed by atoms with Crippen LogP contribution in [0.5, 0.6) is 5.75 Å². The van der Waals surface area contributed by atoms with Crippen LogP contribution >= 0.6 is 23.1 Å². The fraction of sp³-hybridized carbons (Fsp3) is 0.500. The Morgan fingerprint density at radius 3 is 2.85 bits per heavy atom. The lowest BCUT2D eigenvalue weighted by Gasteiger charge is -2.39. The lowest BCUT2D eigenvalue weighted by molar-refractivity contribution is -0.134. The van der Waals surface area contributed by atoms with E-state index >= 15 is 0 Å². The lowest BCUT2D eigenvalue weighted by atomic mass is 9.98. The molecule has 1 fully saturated rings. The number of nitrogens with one attached hydrogen (secondary N) is 1. The van der Waals surface area contributed by atoms with Crippen molar-refractivity contribution in [2.75, 3.05) is 18.2 Å². The number of rotatable bonds is 6. The predicted octanol–water partition coefficient (Wildman–Crippen LogP) is 4.17. The number of carbonyl (C=O) groups excluding carboxylic acids is 1. The van der Waals surface area contributed by atoms with E-state index in [1.807, 2.05) is 29.2 Å². The molecule has 8 heteroatoms. The van der Waals surface area contributed by atoms with Crippen molar-refractivity contribution in [2.45, 2.75) is 49.5 Å². The second kappa shape index (κ2) is 8.73. The number of carbonyl (C=O) groups is 1. The summed E-state index contributed by atoms with van der Waals surface area (Å²) in [5.74, 6) is 1.37. The summed E-state index contributed by atoms with van der Waals surface area (Å²) in [5.41, 5.74) is 0.893.